The number of rotatable bonds is 6. The minimum atomic E-state index is -0.111. The van der Waals surface area contributed by atoms with E-state index < -0.39 is 0 Å². The summed E-state index contributed by atoms with van der Waals surface area (Å²) in [6.45, 7) is 3.80. The summed E-state index contributed by atoms with van der Waals surface area (Å²) in [6, 6.07) is -0.0551. The van der Waals surface area contributed by atoms with Crippen LogP contribution in [0.25, 0.3) is 0 Å². The standard InChI is InChI=1S/C9H20N2O2/c1-3-8(6-12)11-9(13)5-4-7(2)10/h7-8,12H,3-6,10H2,1-2H3,(H,11,13)/t7?,8-/m1/s1. The van der Waals surface area contributed by atoms with E-state index >= 15 is 0 Å². The average Bonchev–Trinajstić information content (AvgIpc) is 2.10. The summed E-state index contributed by atoms with van der Waals surface area (Å²) < 4.78 is 0. The number of aliphatic hydroxyl groups is 1. The summed E-state index contributed by atoms with van der Waals surface area (Å²) in [6.07, 6.45) is 1.88. The van der Waals surface area contributed by atoms with E-state index in [2.05, 4.69) is 5.32 Å². The predicted octanol–water partition coefficient (Wildman–Crippen LogP) is 0.000900. The zero-order valence-corrected chi connectivity index (χ0v) is 8.42. The molecular formula is C9H20N2O2. The van der Waals surface area contributed by atoms with Crippen molar-refractivity contribution < 1.29 is 9.90 Å². The molecule has 0 aromatic rings. The van der Waals surface area contributed by atoms with Crippen molar-refractivity contribution in [2.45, 2.75) is 45.2 Å². The first kappa shape index (κ1) is 12.4. The Labute approximate surface area is 79.5 Å². The van der Waals surface area contributed by atoms with Gasteiger partial charge in [0.2, 0.25) is 5.91 Å². The van der Waals surface area contributed by atoms with Crippen LogP contribution in [0.3, 0.4) is 0 Å². The van der Waals surface area contributed by atoms with Crippen LogP contribution in [0.5, 0.6) is 0 Å². The molecule has 0 saturated carbocycles. The predicted molar refractivity (Wildman–Crippen MR) is 52.2 cm³/mol. The highest BCUT2D eigenvalue weighted by Gasteiger charge is 2.09. The minimum Gasteiger partial charge on any atom is -0.394 e. The highest BCUT2D eigenvalue weighted by atomic mass is 16.3. The van der Waals surface area contributed by atoms with Crippen molar-refractivity contribution in [3.8, 4) is 0 Å². The highest BCUT2D eigenvalue weighted by Crippen LogP contribution is 1.95. The molecule has 0 bridgehead atoms. The Balaban J connectivity index is 3.60. The van der Waals surface area contributed by atoms with Crippen LogP contribution in [-0.4, -0.2) is 29.7 Å². The van der Waals surface area contributed by atoms with Crippen LogP contribution >= 0.6 is 0 Å². The van der Waals surface area contributed by atoms with Crippen molar-refractivity contribution in [1.82, 2.24) is 5.32 Å². The lowest BCUT2D eigenvalue weighted by Crippen LogP contribution is -2.37. The lowest BCUT2D eigenvalue weighted by molar-refractivity contribution is -0.122. The zero-order valence-electron chi connectivity index (χ0n) is 8.42. The van der Waals surface area contributed by atoms with E-state index in [1.807, 2.05) is 13.8 Å². The first-order chi connectivity index (χ1) is 6.10. The van der Waals surface area contributed by atoms with Crippen molar-refractivity contribution in [3.05, 3.63) is 0 Å². The number of nitrogens with two attached hydrogens (primary N) is 1. The SMILES string of the molecule is CC[C@H](CO)NC(=O)CCC(C)N. The third-order valence-electron chi connectivity index (χ3n) is 1.91. The van der Waals surface area contributed by atoms with Crippen molar-refractivity contribution in [3.63, 3.8) is 0 Å². The smallest absolute Gasteiger partial charge is 0.220 e. The Bertz CT molecular complexity index is 145. The minimum absolute atomic E-state index is 0.000415. The molecule has 0 aromatic carbocycles. The van der Waals surface area contributed by atoms with Crippen LogP contribution in [0.1, 0.15) is 33.1 Å². The van der Waals surface area contributed by atoms with Crippen molar-refractivity contribution in [1.29, 1.82) is 0 Å². The van der Waals surface area contributed by atoms with Gasteiger partial charge in [-0.25, -0.2) is 0 Å². The van der Waals surface area contributed by atoms with Gasteiger partial charge in [0.05, 0.1) is 12.6 Å². The molecule has 0 heterocycles. The van der Waals surface area contributed by atoms with Gasteiger partial charge in [-0.2, -0.15) is 0 Å². The van der Waals surface area contributed by atoms with E-state index in [0.29, 0.717) is 12.8 Å². The number of carbonyl (C=O) groups excluding carboxylic acids is 1. The number of nitrogens with one attached hydrogen (secondary N) is 1. The fraction of sp³-hybridized carbons (Fsp3) is 0.889. The van der Waals surface area contributed by atoms with Gasteiger partial charge in [0.25, 0.3) is 0 Å². The molecule has 0 aliphatic rings. The monoisotopic (exact) mass is 188 g/mol. The van der Waals surface area contributed by atoms with Gasteiger partial charge in [0.1, 0.15) is 0 Å². The lowest BCUT2D eigenvalue weighted by Gasteiger charge is -2.14. The van der Waals surface area contributed by atoms with Gasteiger partial charge in [0, 0.05) is 12.5 Å². The largest absolute Gasteiger partial charge is 0.394 e. The molecule has 0 aliphatic carbocycles. The maximum atomic E-state index is 11.2. The summed E-state index contributed by atoms with van der Waals surface area (Å²) in [4.78, 5) is 11.2. The Morgan fingerprint density at radius 1 is 1.62 bits per heavy atom. The molecule has 1 unspecified atom stereocenters. The summed E-state index contributed by atoms with van der Waals surface area (Å²) in [5, 5.41) is 11.5. The van der Waals surface area contributed by atoms with Crippen molar-refractivity contribution in [2.24, 2.45) is 5.73 Å². The van der Waals surface area contributed by atoms with E-state index in [0.717, 1.165) is 6.42 Å². The maximum Gasteiger partial charge on any atom is 0.220 e. The molecule has 0 aliphatic heterocycles. The van der Waals surface area contributed by atoms with Gasteiger partial charge in [0.15, 0.2) is 0 Å². The van der Waals surface area contributed by atoms with Gasteiger partial charge < -0.3 is 16.2 Å². The third kappa shape index (κ3) is 6.54. The quantitative estimate of drug-likeness (QED) is 0.549. The first-order valence-corrected chi connectivity index (χ1v) is 4.76. The Hall–Kier alpha value is -0.610. The molecule has 0 rings (SSSR count). The van der Waals surface area contributed by atoms with Gasteiger partial charge in [-0.1, -0.05) is 6.92 Å². The van der Waals surface area contributed by atoms with Gasteiger partial charge in [-0.15, -0.1) is 0 Å². The number of amides is 1. The summed E-state index contributed by atoms with van der Waals surface area (Å²) in [5.41, 5.74) is 5.51. The molecule has 78 valence electrons. The molecule has 0 radical (unpaired) electrons. The number of hydrogen-bond donors (Lipinski definition) is 3. The molecular weight excluding hydrogens is 168 g/mol. The first-order valence-electron chi connectivity index (χ1n) is 4.76. The molecule has 13 heavy (non-hydrogen) atoms. The third-order valence-corrected chi connectivity index (χ3v) is 1.91. The number of hydrogen-bond acceptors (Lipinski definition) is 3. The van der Waals surface area contributed by atoms with Crippen molar-refractivity contribution >= 4 is 5.91 Å². The fourth-order valence-corrected chi connectivity index (χ4v) is 0.935. The second-order valence-electron chi connectivity index (χ2n) is 3.37. The maximum absolute atomic E-state index is 11.2. The van der Waals surface area contributed by atoms with Gasteiger partial charge in [-0.3, -0.25) is 4.79 Å². The van der Waals surface area contributed by atoms with Crippen molar-refractivity contribution in [2.75, 3.05) is 6.61 Å². The lowest BCUT2D eigenvalue weighted by atomic mass is 10.1. The molecule has 0 saturated heterocycles. The Kier molecular flexibility index (Phi) is 6.54. The molecule has 4 nitrogen and oxygen atoms in total. The molecule has 0 spiro atoms. The number of carbonyl (C=O) groups is 1. The van der Waals surface area contributed by atoms with E-state index in [1.165, 1.54) is 0 Å². The Morgan fingerprint density at radius 2 is 2.23 bits per heavy atom. The fourth-order valence-electron chi connectivity index (χ4n) is 0.935. The number of aliphatic hydroxyl groups excluding tert-OH is 1. The topological polar surface area (TPSA) is 75.3 Å². The van der Waals surface area contributed by atoms with E-state index in [1.54, 1.807) is 0 Å². The second-order valence-corrected chi connectivity index (χ2v) is 3.37. The average molecular weight is 188 g/mol. The summed E-state index contributed by atoms with van der Waals surface area (Å²) in [5.74, 6) is -0.0294. The van der Waals surface area contributed by atoms with E-state index in [9.17, 15) is 4.79 Å². The van der Waals surface area contributed by atoms with E-state index in [-0.39, 0.29) is 24.6 Å². The van der Waals surface area contributed by atoms with Gasteiger partial charge in [-0.05, 0) is 19.8 Å². The van der Waals surface area contributed by atoms with Crippen LogP contribution in [0, 0.1) is 0 Å². The zero-order chi connectivity index (χ0) is 10.3. The normalized spacial score (nSPS) is 15.1. The van der Waals surface area contributed by atoms with Crippen LogP contribution in [-0.2, 0) is 4.79 Å². The molecule has 1 amide bonds. The van der Waals surface area contributed by atoms with Crippen LogP contribution in [0.2, 0.25) is 0 Å². The van der Waals surface area contributed by atoms with Crippen LogP contribution < -0.4 is 11.1 Å². The summed E-state index contributed by atoms with van der Waals surface area (Å²) >= 11 is 0. The summed E-state index contributed by atoms with van der Waals surface area (Å²) in [7, 11) is 0. The van der Waals surface area contributed by atoms with Crippen LogP contribution in [0.4, 0.5) is 0 Å². The second kappa shape index (κ2) is 6.86. The molecule has 0 fully saturated rings. The van der Waals surface area contributed by atoms with E-state index in [4.69, 9.17) is 10.8 Å². The molecule has 4 N–H and O–H groups in total. The molecule has 0 aromatic heterocycles. The Morgan fingerprint density at radius 3 is 2.62 bits per heavy atom. The molecule has 4 heteroatoms. The highest BCUT2D eigenvalue weighted by molar-refractivity contribution is 5.76. The van der Waals surface area contributed by atoms with Crippen LogP contribution in [0.15, 0.2) is 0 Å². The molecule has 2 atom stereocenters. The van der Waals surface area contributed by atoms with Gasteiger partial charge >= 0.3 is 0 Å².